The first-order valence-electron chi connectivity index (χ1n) is 6.59. The Labute approximate surface area is 109 Å². The van der Waals surface area contributed by atoms with Crippen LogP contribution >= 0.6 is 0 Å². The van der Waals surface area contributed by atoms with Crippen molar-refractivity contribution < 1.29 is 9.53 Å². The second kappa shape index (κ2) is 6.01. The summed E-state index contributed by atoms with van der Waals surface area (Å²) in [7, 11) is 0. The van der Waals surface area contributed by atoms with E-state index in [9.17, 15) is 4.79 Å². The third-order valence-electron chi connectivity index (χ3n) is 3.49. The molecule has 0 unspecified atom stereocenters. The first-order chi connectivity index (χ1) is 8.65. The topological polar surface area (TPSA) is 38.3 Å². The second-order valence-electron chi connectivity index (χ2n) is 5.03. The molecule has 1 saturated heterocycles. The van der Waals surface area contributed by atoms with Crippen molar-refractivity contribution >= 4 is 5.91 Å². The number of nitrogens with one attached hydrogen (secondary N) is 1. The molecule has 0 spiro atoms. The van der Waals surface area contributed by atoms with Crippen LogP contribution in [0.5, 0.6) is 0 Å². The van der Waals surface area contributed by atoms with E-state index in [2.05, 4.69) is 31.3 Å². The van der Waals surface area contributed by atoms with Crippen LogP contribution in [0.1, 0.15) is 29.5 Å². The number of hydrogen-bond donors (Lipinski definition) is 1. The van der Waals surface area contributed by atoms with Gasteiger partial charge >= 0.3 is 0 Å². The normalized spacial score (nSPS) is 18.9. The van der Waals surface area contributed by atoms with Gasteiger partial charge in [-0.25, -0.2) is 0 Å². The lowest BCUT2D eigenvalue weighted by Crippen LogP contribution is -2.32. The Kier molecular flexibility index (Phi) is 4.37. The van der Waals surface area contributed by atoms with Crippen LogP contribution in [0.25, 0.3) is 0 Å². The van der Waals surface area contributed by atoms with Crippen LogP contribution in [0.3, 0.4) is 0 Å². The summed E-state index contributed by atoms with van der Waals surface area (Å²) in [5.74, 6) is 0.0775. The highest BCUT2D eigenvalue weighted by Gasteiger charge is 2.16. The molecule has 1 fully saturated rings. The second-order valence-corrected chi connectivity index (χ2v) is 5.03. The maximum Gasteiger partial charge on any atom is 0.224 e. The van der Waals surface area contributed by atoms with Gasteiger partial charge in [-0.15, -0.1) is 0 Å². The Balaban J connectivity index is 1.80. The molecule has 1 aliphatic rings. The van der Waals surface area contributed by atoms with Crippen molar-refractivity contribution in [3.63, 3.8) is 0 Å². The van der Waals surface area contributed by atoms with Gasteiger partial charge in [0.25, 0.3) is 0 Å². The molecule has 0 aliphatic carbocycles. The Morgan fingerprint density at radius 3 is 2.89 bits per heavy atom. The van der Waals surface area contributed by atoms with E-state index in [0.29, 0.717) is 13.0 Å². The van der Waals surface area contributed by atoms with Crippen molar-refractivity contribution in [1.29, 1.82) is 0 Å². The summed E-state index contributed by atoms with van der Waals surface area (Å²) in [5.41, 5.74) is 3.57. The Hall–Kier alpha value is -1.35. The number of ether oxygens (including phenoxy) is 1. The van der Waals surface area contributed by atoms with Gasteiger partial charge in [0.1, 0.15) is 0 Å². The van der Waals surface area contributed by atoms with E-state index in [4.69, 9.17) is 4.74 Å². The van der Waals surface area contributed by atoms with E-state index < -0.39 is 0 Å². The fourth-order valence-corrected chi connectivity index (χ4v) is 2.19. The zero-order valence-electron chi connectivity index (χ0n) is 11.2. The van der Waals surface area contributed by atoms with E-state index in [-0.39, 0.29) is 12.0 Å². The summed E-state index contributed by atoms with van der Waals surface area (Å²) in [4.78, 5) is 11.8. The smallest absolute Gasteiger partial charge is 0.224 e. The van der Waals surface area contributed by atoms with Crippen LogP contribution in [0.2, 0.25) is 0 Å². The maximum absolute atomic E-state index is 11.8. The Bertz CT molecular complexity index is 423. The molecule has 1 N–H and O–H groups in total. The monoisotopic (exact) mass is 247 g/mol. The van der Waals surface area contributed by atoms with Gasteiger partial charge in [-0.2, -0.15) is 0 Å². The molecule has 1 amide bonds. The summed E-state index contributed by atoms with van der Waals surface area (Å²) in [6.07, 6.45) is 2.84. The standard InChI is InChI=1S/C15H21NO2/c1-11-5-6-13(8-12(11)2)9-15(17)16-10-14-4-3-7-18-14/h5-6,8,14H,3-4,7,9-10H2,1-2H3,(H,16,17)/t14-/m1/s1. The number of carbonyl (C=O) groups excluding carboxylic acids is 1. The minimum absolute atomic E-state index is 0.0775. The molecule has 0 aromatic heterocycles. The molecule has 3 nitrogen and oxygen atoms in total. The fourth-order valence-electron chi connectivity index (χ4n) is 2.19. The fraction of sp³-hybridized carbons (Fsp3) is 0.533. The van der Waals surface area contributed by atoms with Crippen molar-refractivity contribution in [1.82, 2.24) is 5.32 Å². The van der Waals surface area contributed by atoms with Gasteiger partial charge in [-0.05, 0) is 43.4 Å². The predicted molar refractivity (Wildman–Crippen MR) is 71.6 cm³/mol. The van der Waals surface area contributed by atoms with Gasteiger partial charge in [0.2, 0.25) is 5.91 Å². The van der Waals surface area contributed by atoms with Crippen LogP contribution < -0.4 is 5.32 Å². The summed E-state index contributed by atoms with van der Waals surface area (Å²) >= 11 is 0. The molecule has 0 radical (unpaired) electrons. The van der Waals surface area contributed by atoms with E-state index in [1.165, 1.54) is 11.1 Å². The highest BCUT2D eigenvalue weighted by atomic mass is 16.5. The van der Waals surface area contributed by atoms with Crippen LogP contribution in [0, 0.1) is 13.8 Å². The lowest BCUT2D eigenvalue weighted by molar-refractivity contribution is -0.120. The van der Waals surface area contributed by atoms with Gasteiger partial charge in [0, 0.05) is 13.2 Å². The third-order valence-corrected chi connectivity index (χ3v) is 3.49. The van der Waals surface area contributed by atoms with Crippen molar-refractivity contribution in [3.05, 3.63) is 34.9 Å². The molecule has 0 bridgehead atoms. The third kappa shape index (κ3) is 3.57. The lowest BCUT2D eigenvalue weighted by atomic mass is 10.0. The molecule has 1 atom stereocenters. The van der Waals surface area contributed by atoms with E-state index in [1.54, 1.807) is 0 Å². The molecule has 3 heteroatoms. The summed E-state index contributed by atoms with van der Waals surface area (Å²) in [6.45, 7) is 5.63. The molecule has 1 aromatic carbocycles. The minimum atomic E-state index is 0.0775. The largest absolute Gasteiger partial charge is 0.376 e. The average molecular weight is 247 g/mol. The van der Waals surface area contributed by atoms with Crippen LogP contribution in [0.4, 0.5) is 0 Å². The quantitative estimate of drug-likeness (QED) is 0.885. The van der Waals surface area contributed by atoms with Gasteiger partial charge in [-0.1, -0.05) is 18.2 Å². The van der Waals surface area contributed by atoms with E-state index in [0.717, 1.165) is 25.0 Å². The van der Waals surface area contributed by atoms with Gasteiger partial charge in [0.15, 0.2) is 0 Å². The van der Waals surface area contributed by atoms with E-state index in [1.807, 2.05) is 6.07 Å². The lowest BCUT2D eigenvalue weighted by Gasteiger charge is -2.11. The SMILES string of the molecule is Cc1ccc(CC(=O)NC[C@H]2CCCO2)cc1C. The molecular weight excluding hydrogens is 226 g/mol. The first kappa shape index (κ1) is 13.1. The molecule has 1 aliphatic heterocycles. The summed E-state index contributed by atoms with van der Waals surface area (Å²) in [6, 6.07) is 6.17. The number of aryl methyl sites for hydroxylation is 2. The highest BCUT2D eigenvalue weighted by Crippen LogP contribution is 2.12. The Morgan fingerprint density at radius 2 is 2.22 bits per heavy atom. The first-order valence-corrected chi connectivity index (χ1v) is 6.59. The zero-order valence-corrected chi connectivity index (χ0v) is 11.2. The van der Waals surface area contributed by atoms with Crippen LogP contribution in [-0.2, 0) is 16.0 Å². The van der Waals surface area contributed by atoms with Gasteiger partial charge in [-0.3, -0.25) is 4.79 Å². The minimum Gasteiger partial charge on any atom is -0.376 e. The predicted octanol–water partition coefficient (Wildman–Crippen LogP) is 2.14. The number of rotatable bonds is 4. The number of amides is 1. The van der Waals surface area contributed by atoms with E-state index >= 15 is 0 Å². The number of carbonyl (C=O) groups is 1. The molecule has 18 heavy (non-hydrogen) atoms. The average Bonchev–Trinajstić information content (AvgIpc) is 2.84. The van der Waals surface area contributed by atoms with Gasteiger partial charge in [0.05, 0.1) is 12.5 Å². The zero-order chi connectivity index (χ0) is 13.0. The summed E-state index contributed by atoms with van der Waals surface area (Å²) < 4.78 is 5.47. The van der Waals surface area contributed by atoms with Crippen LogP contribution in [0.15, 0.2) is 18.2 Å². The molecule has 1 heterocycles. The van der Waals surface area contributed by atoms with Crippen molar-refractivity contribution in [3.8, 4) is 0 Å². The number of benzene rings is 1. The maximum atomic E-state index is 11.8. The molecule has 1 aromatic rings. The van der Waals surface area contributed by atoms with Gasteiger partial charge < -0.3 is 10.1 Å². The number of hydrogen-bond acceptors (Lipinski definition) is 2. The molecule has 0 saturated carbocycles. The Morgan fingerprint density at radius 1 is 1.39 bits per heavy atom. The molecule has 98 valence electrons. The van der Waals surface area contributed by atoms with Crippen LogP contribution in [-0.4, -0.2) is 25.2 Å². The highest BCUT2D eigenvalue weighted by molar-refractivity contribution is 5.78. The van der Waals surface area contributed by atoms with Crippen molar-refractivity contribution in [2.75, 3.05) is 13.2 Å². The van der Waals surface area contributed by atoms with Crippen molar-refractivity contribution in [2.45, 2.75) is 39.2 Å². The summed E-state index contributed by atoms with van der Waals surface area (Å²) in [5, 5.41) is 2.94. The van der Waals surface area contributed by atoms with Crippen molar-refractivity contribution in [2.24, 2.45) is 0 Å². The molecule has 2 rings (SSSR count). The molecular formula is C15H21NO2.